The Hall–Kier alpha value is 1.05. The summed E-state index contributed by atoms with van der Waals surface area (Å²) in [7, 11) is 0. The summed E-state index contributed by atoms with van der Waals surface area (Å²) < 4.78 is 0.268. The summed E-state index contributed by atoms with van der Waals surface area (Å²) in [5, 5.41) is 0. The number of hydrogen-bond donors (Lipinski definition) is 3. The van der Waals surface area contributed by atoms with Crippen LogP contribution < -0.4 is 0 Å². The van der Waals surface area contributed by atoms with E-state index in [0.29, 0.717) is 0 Å². The molecule has 0 N–H and O–H groups in total. The van der Waals surface area contributed by atoms with Crippen molar-refractivity contribution in [2.45, 2.75) is 30.3 Å². The van der Waals surface area contributed by atoms with Crippen LogP contribution >= 0.6 is 37.9 Å². The third-order valence-electron chi connectivity index (χ3n) is 1.12. The Morgan fingerprint density at radius 3 is 2.11 bits per heavy atom. The van der Waals surface area contributed by atoms with Crippen LogP contribution in [0.1, 0.15) is 25.7 Å². The number of thiol groups is 3. The van der Waals surface area contributed by atoms with Crippen molar-refractivity contribution in [1.29, 1.82) is 0 Å². The first kappa shape index (κ1) is 10.0. The molecule has 0 fully saturated rings. The van der Waals surface area contributed by atoms with E-state index < -0.39 is 0 Å². The molecule has 0 heterocycles. The molecule has 0 spiro atoms. The molecule has 0 bridgehead atoms. The van der Waals surface area contributed by atoms with Crippen LogP contribution in [0.4, 0.5) is 0 Å². The van der Waals surface area contributed by atoms with Gasteiger partial charge in [-0.15, -0.1) is 0 Å². The molecule has 0 aliphatic rings. The standard InChI is InChI=1S/C6H14S3/c7-5-3-1-2-4-6(8)9/h6-9H,1-5H2. The molecule has 9 heavy (non-hydrogen) atoms. The molecule has 56 valence electrons. The van der Waals surface area contributed by atoms with Crippen LogP contribution in [0, 0.1) is 0 Å². The molecule has 0 unspecified atom stereocenters. The summed E-state index contributed by atoms with van der Waals surface area (Å²) in [6.45, 7) is 0. The third-order valence-corrected chi connectivity index (χ3v) is 1.95. The first-order valence-corrected chi connectivity index (χ1v) is 4.91. The number of unbranched alkanes of at least 4 members (excludes halogenated alkanes) is 2. The van der Waals surface area contributed by atoms with Gasteiger partial charge in [0.1, 0.15) is 0 Å². The van der Waals surface area contributed by atoms with Crippen molar-refractivity contribution >= 4 is 37.9 Å². The number of rotatable bonds is 5. The van der Waals surface area contributed by atoms with E-state index in [4.69, 9.17) is 0 Å². The molecule has 0 radical (unpaired) electrons. The van der Waals surface area contributed by atoms with Gasteiger partial charge in [0, 0.05) is 4.58 Å². The molecule has 0 aromatic heterocycles. The minimum Gasteiger partial charge on any atom is -0.179 e. The van der Waals surface area contributed by atoms with Crippen molar-refractivity contribution in [2.24, 2.45) is 0 Å². The molecule has 3 heteroatoms. The van der Waals surface area contributed by atoms with Gasteiger partial charge in [-0.3, -0.25) is 0 Å². The van der Waals surface area contributed by atoms with Gasteiger partial charge in [-0.25, -0.2) is 0 Å². The quantitative estimate of drug-likeness (QED) is 0.325. The SMILES string of the molecule is SCCCCCC(S)S. The lowest BCUT2D eigenvalue weighted by Crippen LogP contribution is -1.87. The van der Waals surface area contributed by atoms with Crippen molar-refractivity contribution in [3.63, 3.8) is 0 Å². The summed E-state index contributed by atoms with van der Waals surface area (Å²) in [6.07, 6.45) is 4.83. The van der Waals surface area contributed by atoms with Crippen LogP contribution in [-0.4, -0.2) is 10.3 Å². The predicted molar refractivity (Wildman–Crippen MR) is 54.1 cm³/mol. The van der Waals surface area contributed by atoms with E-state index >= 15 is 0 Å². The van der Waals surface area contributed by atoms with Gasteiger partial charge in [0.2, 0.25) is 0 Å². The van der Waals surface area contributed by atoms with Crippen molar-refractivity contribution in [2.75, 3.05) is 5.75 Å². The summed E-state index contributed by atoms with van der Waals surface area (Å²) in [5.41, 5.74) is 0. The van der Waals surface area contributed by atoms with Gasteiger partial charge in [0.25, 0.3) is 0 Å². The minimum atomic E-state index is 0.268. The van der Waals surface area contributed by atoms with Crippen LogP contribution in [0.25, 0.3) is 0 Å². The summed E-state index contributed by atoms with van der Waals surface area (Å²) in [6, 6.07) is 0. The van der Waals surface area contributed by atoms with Gasteiger partial charge in [0.05, 0.1) is 0 Å². The molecular formula is C6H14S3. The Kier molecular flexibility index (Phi) is 8.00. The molecule has 0 aromatic rings. The monoisotopic (exact) mass is 182 g/mol. The second-order valence-corrected chi connectivity index (χ2v) is 4.15. The van der Waals surface area contributed by atoms with Gasteiger partial charge < -0.3 is 0 Å². The van der Waals surface area contributed by atoms with Gasteiger partial charge in [-0.1, -0.05) is 12.8 Å². The number of hydrogen-bond acceptors (Lipinski definition) is 3. The van der Waals surface area contributed by atoms with Gasteiger partial charge >= 0.3 is 0 Å². The van der Waals surface area contributed by atoms with Crippen LogP contribution in [-0.2, 0) is 0 Å². The van der Waals surface area contributed by atoms with Gasteiger partial charge in [-0.05, 0) is 18.6 Å². The van der Waals surface area contributed by atoms with Crippen molar-refractivity contribution in [1.82, 2.24) is 0 Å². The normalized spacial score (nSPS) is 10.7. The molecule has 0 nitrogen and oxygen atoms in total. The van der Waals surface area contributed by atoms with Gasteiger partial charge in [-0.2, -0.15) is 37.9 Å². The lowest BCUT2D eigenvalue weighted by atomic mass is 10.2. The second kappa shape index (κ2) is 7.16. The third kappa shape index (κ3) is 9.05. The average Bonchev–Trinajstić information content (AvgIpc) is 1.80. The Morgan fingerprint density at radius 2 is 1.67 bits per heavy atom. The van der Waals surface area contributed by atoms with Crippen LogP contribution in [0.5, 0.6) is 0 Å². The van der Waals surface area contributed by atoms with E-state index in [1.165, 1.54) is 19.3 Å². The summed E-state index contributed by atoms with van der Waals surface area (Å²) in [5.74, 6) is 1.00. The fourth-order valence-electron chi connectivity index (χ4n) is 0.615. The van der Waals surface area contributed by atoms with E-state index in [-0.39, 0.29) is 4.58 Å². The first-order chi connectivity index (χ1) is 4.27. The average molecular weight is 182 g/mol. The lowest BCUT2D eigenvalue weighted by Gasteiger charge is -2.00. The Morgan fingerprint density at radius 1 is 1.00 bits per heavy atom. The second-order valence-electron chi connectivity index (χ2n) is 2.05. The zero-order chi connectivity index (χ0) is 7.11. The van der Waals surface area contributed by atoms with E-state index in [1.807, 2.05) is 0 Å². The topological polar surface area (TPSA) is 0 Å². The molecule has 0 rings (SSSR count). The van der Waals surface area contributed by atoms with Crippen LogP contribution in [0.2, 0.25) is 0 Å². The molecule has 0 saturated heterocycles. The predicted octanol–water partition coefficient (Wildman–Crippen LogP) is 2.66. The Labute approximate surface area is 74.0 Å². The zero-order valence-corrected chi connectivity index (χ0v) is 8.14. The van der Waals surface area contributed by atoms with Crippen LogP contribution in [0.15, 0.2) is 0 Å². The highest BCUT2D eigenvalue weighted by Crippen LogP contribution is 2.11. The van der Waals surface area contributed by atoms with Crippen molar-refractivity contribution in [3.05, 3.63) is 0 Å². The molecule has 0 aliphatic carbocycles. The van der Waals surface area contributed by atoms with Crippen molar-refractivity contribution in [3.8, 4) is 0 Å². The highest BCUT2D eigenvalue weighted by molar-refractivity contribution is 7.99. The molecule has 0 aliphatic heterocycles. The van der Waals surface area contributed by atoms with Crippen molar-refractivity contribution < 1.29 is 0 Å². The smallest absolute Gasteiger partial charge is 0.0442 e. The highest BCUT2D eigenvalue weighted by atomic mass is 32.2. The Bertz CT molecular complexity index is 54.3. The highest BCUT2D eigenvalue weighted by Gasteiger charge is 1.93. The molecule has 0 aromatic carbocycles. The molecule has 0 saturated carbocycles. The summed E-state index contributed by atoms with van der Waals surface area (Å²) in [4.78, 5) is 0. The fraction of sp³-hybridized carbons (Fsp3) is 1.00. The maximum Gasteiger partial charge on any atom is 0.0442 e. The molecular weight excluding hydrogens is 168 g/mol. The zero-order valence-electron chi connectivity index (χ0n) is 5.45. The maximum atomic E-state index is 4.15. The van der Waals surface area contributed by atoms with E-state index in [1.54, 1.807) is 0 Å². The minimum absolute atomic E-state index is 0.268. The molecule has 0 amide bonds. The fourth-order valence-corrected chi connectivity index (χ4v) is 1.20. The summed E-state index contributed by atoms with van der Waals surface area (Å²) >= 11 is 12.4. The molecule has 0 atom stereocenters. The van der Waals surface area contributed by atoms with E-state index in [2.05, 4.69) is 37.9 Å². The maximum absolute atomic E-state index is 4.15. The van der Waals surface area contributed by atoms with E-state index in [0.717, 1.165) is 12.2 Å². The first-order valence-electron chi connectivity index (χ1n) is 3.24. The van der Waals surface area contributed by atoms with E-state index in [9.17, 15) is 0 Å². The Balaban J connectivity index is 2.75. The largest absolute Gasteiger partial charge is 0.179 e. The van der Waals surface area contributed by atoms with Gasteiger partial charge in [0.15, 0.2) is 0 Å². The van der Waals surface area contributed by atoms with Crippen LogP contribution in [0.3, 0.4) is 0 Å². The lowest BCUT2D eigenvalue weighted by molar-refractivity contribution is 0.704.